The maximum absolute atomic E-state index is 12.2. The van der Waals surface area contributed by atoms with E-state index >= 15 is 0 Å². The van der Waals surface area contributed by atoms with Crippen LogP contribution in [0.2, 0.25) is 0 Å². The summed E-state index contributed by atoms with van der Waals surface area (Å²) < 4.78 is 10.6. The van der Waals surface area contributed by atoms with Crippen LogP contribution in [0.4, 0.5) is 5.13 Å². The van der Waals surface area contributed by atoms with Gasteiger partial charge in [-0.05, 0) is 25.2 Å². The van der Waals surface area contributed by atoms with Gasteiger partial charge in [0.1, 0.15) is 6.10 Å². The van der Waals surface area contributed by atoms with Crippen LogP contribution in [0.15, 0.2) is 23.7 Å². The minimum absolute atomic E-state index is 0.179. The molecular formula is C16H17N3O4S2. The van der Waals surface area contributed by atoms with Crippen LogP contribution in [0.3, 0.4) is 0 Å². The number of aromatic nitrogens is 2. The van der Waals surface area contributed by atoms with E-state index in [9.17, 15) is 9.59 Å². The second kappa shape index (κ2) is 8.30. The van der Waals surface area contributed by atoms with Crippen molar-refractivity contribution in [2.45, 2.75) is 19.4 Å². The number of anilines is 1. The van der Waals surface area contributed by atoms with Gasteiger partial charge in [0.2, 0.25) is 5.88 Å². The first kappa shape index (κ1) is 17.7. The second-order valence-electron chi connectivity index (χ2n) is 5.20. The van der Waals surface area contributed by atoms with Gasteiger partial charge >= 0.3 is 5.97 Å². The number of rotatable bonds is 6. The summed E-state index contributed by atoms with van der Waals surface area (Å²) >= 11 is 3.02. The van der Waals surface area contributed by atoms with E-state index < -0.39 is 5.97 Å². The molecule has 0 aliphatic carbocycles. The molecule has 1 amide bonds. The minimum atomic E-state index is -0.507. The standard InChI is InChI=1S/C16H17N3O4S2/c1-2-22-15(21)12-9-25-16(18-12)19-14(20)10-3-4-13(17-7-10)23-11-5-6-24-8-11/h3-4,7,9,11H,2,5-6,8H2,1H3,(H,18,19,20). The Morgan fingerprint density at radius 1 is 1.40 bits per heavy atom. The molecule has 3 heterocycles. The summed E-state index contributed by atoms with van der Waals surface area (Å²) in [5.41, 5.74) is 0.569. The molecule has 3 rings (SSSR count). The number of amides is 1. The molecule has 0 spiro atoms. The normalized spacial score (nSPS) is 16.4. The predicted molar refractivity (Wildman–Crippen MR) is 96.6 cm³/mol. The summed E-state index contributed by atoms with van der Waals surface area (Å²) in [5, 5.41) is 4.52. The van der Waals surface area contributed by atoms with Crippen molar-refractivity contribution < 1.29 is 19.1 Å². The van der Waals surface area contributed by atoms with Crippen LogP contribution in [0.25, 0.3) is 0 Å². The fourth-order valence-electron chi connectivity index (χ4n) is 2.16. The summed E-state index contributed by atoms with van der Waals surface area (Å²) in [7, 11) is 0. The molecule has 1 atom stereocenters. The fourth-order valence-corrected chi connectivity index (χ4v) is 3.93. The zero-order chi connectivity index (χ0) is 17.6. The lowest BCUT2D eigenvalue weighted by molar-refractivity contribution is 0.0520. The topological polar surface area (TPSA) is 90.4 Å². The smallest absolute Gasteiger partial charge is 0.357 e. The van der Waals surface area contributed by atoms with Crippen LogP contribution >= 0.6 is 23.1 Å². The largest absolute Gasteiger partial charge is 0.473 e. The maximum atomic E-state index is 12.2. The van der Waals surface area contributed by atoms with Gasteiger partial charge in [0.15, 0.2) is 10.8 Å². The number of pyridine rings is 1. The molecule has 0 saturated carbocycles. The number of nitrogens with zero attached hydrogens (tertiary/aromatic N) is 2. The van der Waals surface area contributed by atoms with Crippen LogP contribution < -0.4 is 10.1 Å². The molecule has 7 nitrogen and oxygen atoms in total. The average Bonchev–Trinajstić information content (AvgIpc) is 3.28. The molecule has 1 aliphatic heterocycles. The van der Waals surface area contributed by atoms with Crippen LogP contribution in [0.5, 0.6) is 5.88 Å². The van der Waals surface area contributed by atoms with Crippen LogP contribution in [0, 0.1) is 0 Å². The number of thioether (sulfide) groups is 1. The van der Waals surface area contributed by atoms with Gasteiger partial charge in [0, 0.05) is 23.4 Å². The number of carbonyl (C=O) groups excluding carboxylic acids is 2. The Labute approximate surface area is 153 Å². The summed E-state index contributed by atoms with van der Waals surface area (Å²) in [6.07, 6.45) is 2.67. The SMILES string of the molecule is CCOC(=O)c1csc(NC(=O)c2ccc(OC3CCSC3)nc2)n1. The van der Waals surface area contributed by atoms with Crippen LogP contribution in [0.1, 0.15) is 34.2 Å². The molecule has 1 N–H and O–H groups in total. The third-order valence-corrected chi connectivity index (χ3v) is 5.27. The Bertz CT molecular complexity index is 742. The van der Waals surface area contributed by atoms with Crippen molar-refractivity contribution in [2.24, 2.45) is 0 Å². The second-order valence-corrected chi connectivity index (χ2v) is 7.21. The molecule has 0 bridgehead atoms. The molecule has 25 heavy (non-hydrogen) atoms. The summed E-state index contributed by atoms with van der Waals surface area (Å²) in [4.78, 5) is 32.0. The first-order valence-electron chi connectivity index (χ1n) is 7.80. The van der Waals surface area contributed by atoms with E-state index in [1.165, 1.54) is 6.20 Å². The highest BCUT2D eigenvalue weighted by atomic mass is 32.2. The Hall–Kier alpha value is -2.13. The average molecular weight is 379 g/mol. The number of nitrogens with one attached hydrogen (secondary N) is 1. The van der Waals surface area contributed by atoms with Gasteiger partial charge in [0.05, 0.1) is 12.2 Å². The Kier molecular flexibility index (Phi) is 5.87. The van der Waals surface area contributed by atoms with Gasteiger partial charge in [-0.2, -0.15) is 11.8 Å². The van der Waals surface area contributed by atoms with E-state index in [0.29, 0.717) is 16.6 Å². The highest BCUT2D eigenvalue weighted by Crippen LogP contribution is 2.22. The summed E-state index contributed by atoms with van der Waals surface area (Å²) in [6.45, 7) is 2.00. The Morgan fingerprint density at radius 3 is 2.96 bits per heavy atom. The number of ether oxygens (including phenoxy) is 2. The zero-order valence-electron chi connectivity index (χ0n) is 13.6. The Balaban J connectivity index is 1.58. The summed E-state index contributed by atoms with van der Waals surface area (Å²) in [6, 6.07) is 3.34. The van der Waals surface area contributed by atoms with Gasteiger partial charge in [0.25, 0.3) is 5.91 Å². The molecule has 2 aromatic rings. The minimum Gasteiger partial charge on any atom is -0.473 e. The Morgan fingerprint density at radius 2 is 2.28 bits per heavy atom. The third kappa shape index (κ3) is 4.70. The van der Waals surface area contributed by atoms with Crippen LogP contribution in [-0.2, 0) is 4.74 Å². The van der Waals surface area contributed by atoms with E-state index in [2.05, 4.69) is 15.3 Å². The lowest BCUT2D eigenvalue weighted by Crippen LogP contribution is -2.16. The van der Waals surface area contributed by atoms with Gasteiger partial charge in [-0.15, -0.1) is 11.3 Å². The highest BCUT2D eigenvalue weighted by Gasteiger charge is 2.18. The summed E-state index contributed by atoms with van der Waals surface area (Å²) in [5.74, 6) is 1.74. The number of hydrogen-bond donors (Lipinski definition) is 1. The van der Waals surface area contributed by atoms with Gasteiger partial charge in [-0.3, -0.25) is 10.1 Å². The molecule has 0 radical (unpaired) electrons. The third-order valence-electron chi connectivity index (χ3n) is 3.38. The van der Waals surface area contributed by atoms with Crippen molar-refractivity contribution in [3.8, 4) is 5.88 Å². The zero-order valence-corrected chi connectivity index (χ0v) is 15.2. The molecule has 1 fully saturated rings. The van der Waals surface area contributed by atoms with E-state index in [0.717, 1.165) is 29.3 Å². The van der Waals surface area contributed by atoms with Crippen molar-refractivity contribution in [2.75, 3.05) is 23.4 Å². The predicted octanol–water partition coefficient (Wildman–Crippen LogP) is 2.85. The molecular weight excluding hydrogens is 362 g/mol. The number of thiazole rings is 1. The van der Waals surface area contributed by atoms with Crippen molar-refractivity contribution >= 4 is 40.1 Å². The molecule has 132 valence electrons. The molecule has 2 aromatic heterocycles. The van der Waals surface area contributed by atoms with Crippen LogP contribution in [-0.4, -0.2) is 46.1 Å². The number of esters is 1. The van der Waals surface area contributed by atoms with Gasteiger partial charge in [-0.25, -0.2) is 14.8 Å². The molecule has 0 aromatic carbocycles. The fraction of sp³-hybridized carbons (Fsp3) is 0.375. The lowest BCUT2D eigenvalue weighted by atomic mass is 10.2. The quantitative estimate of drug-likeness (QED) is 0.772. The van der Waals surface area contributed by atoms with Crippen molar-refractivity contribution in [1.29, 1.82) is 0 Å². The molecule has 1 unspecified atom stereocenters. The van der Waals surface area contributed by atoms with E-state index in [4.69, 9.17) is 9.47 Å². The number of hydrogen-bond acceptors (Lipinski definition) is 8. The molecule has 1 saturated heterocycles. The lowest BCUT2D eigenvalue weighted by Gasteiger charge is -2.11. The van der Waals surface area contributed by atoms with E-state index in [1.54, 1.807) is 24.4 Å². The maximum Gasteiger partial charge on any atom is 0.357 e. The van der Waals surface area contributed by atoms with Crippen molar-refractivity contribution in [1.82, 2.24) is 9.97 Å². The monoisotopic (exact) mass is 379 g/mol. The highest BCUT2D eigenvalue weighted by molar-refractivity contribution is 7.99. The first-order valence-corrected chi connectivity index (χ1v) is 9.83. The number of carbonyl (C=O) groups is 2. The van der Waals surface area contributed by atoms with Gasteiger partial charge < -0.3 is 9.47 Å². The van der Waals surface area contributed by atoms with Gasteiger partial charge in [-0.1, -0.05) is 0 Å². The molecule has 9 heteroatoms. The van der Waals surface area contributed by atoms with E-state index in [1.807, 2.05) is 11.8 Å². The van der Waals surface area contributed by atoms with E-state index in [-0.39, 0.29) is 24.3 Å². The van der Waals surface area contributed by atoms with Crippen molar-refractivity contribution in [3.63, 3.8) is 0 Å². The molecule has 1 aliphatic rings. The van der Waals surface area contributed by atoms with Crippen molar-refractivity contribution in [3.05, 3.63) is 35.0 Å². The first-order chi connectivity index (χ1) is 12.2.